The van der Waals surface area contributed by atoms with E-state index in [1.165, 1.54) is 5.56 Å². The van der Waals surface area contributed by atoms with Gasteiger partial charge >= 0.3 is 0 Å². The van der Waals surface area contributed by atoms with E-state index in [1.54, 1.807) is 0 Å². The van der Waals surface area contributed by atoms with Gasteiger partial charge in [0.15, 0.2) is 0 Å². The largest absolute Gasteiger partial charge is 0.339 e. The number of amides is 1. The molecular formula is C16H24N2O. The van der Waals surface area contributed by atoms with E-state index in [0.717, 1.165) is 44.3 Å². The fourth-order valence-electron chi connectivity index (χ4n) is 2.64. The first-order valence-corrected chi connectivity index (χ1v) is 7.29. The standard InChI is InChI=1S/C16H24N2O/c1-3-13-6-8-14(9-7-13)16(19)18(2)15-5-4-11-17-12-10-15/h6-9,15,17H,3-5,10-12H2,1-2H3. The molecule has 0 aromatic heterocycles. The maximum atomic E-state index is 12.5. The summed E-state index contributed by atoms with van der Waals surface area (Å²) < 4.78 is 0. The summed E-state index contributed by atoms with van der Waals surface area (Å²) in [7, 11) is 1.94. The zero-order valence-electron chi connectivity index (χ0n) is 12.0. The van der Waals surface area contributed by atoms with Gasteiger partial charge in [-0.1, -0.05) is 19.1 Å². The number of rotatable bonds is 3. The van der Waals surface area contributed by atoms with Crippen LogP contribution in [0.25, 0.3) is 0 Å². The second-order valence-electron chi connectivity index (χ2n) is 5.30. The lowest BCUT2D eigenvalue weighted by molar-refractivity contribution is 0.0720. The molecule has 1 unspecified atom stereocenters. The van der Waals surface area contributed by atoms with E-state index in [9.17, 15) is 4.79 Å². The van der Waals surface area contributed by atoms with Gasteiger partial charge in [-0.05, 0) is 56.5 Å². The van der Waals surface area contributed by atoms with E-state index in [-0.39, 0.29) is 5.91 Å². The molecule has 1 aliphatic rings. The Balaban J connectivity index is 2.04. The van der Waals surface area contributed by atoms with Gasteiger partial charge in [0.2, 0.25) is 0 Å². The molecular weight excluding hydrogens is 236 g/mol. The quantitative estimate of drug-likeness (QED) is 0.905. The average Bonchev–Trinajstić information content (AvgIpc) is 2.75. The first kappa shape index (κ1) is 14.1. The fourth-order valence-corrected chi connectivity index (χ4v) is 2.64. The van der Waals surface area contributed by atoms with E-state index >= 15 is 0 Å². The molecule has 1 aromatic rings. The van der Waals surface area contributed by atoms with Crippen LogP contribution < -0.4 is 5.32 Å². The molecule has 1 aromatic carbocycles. The van der Waals surface area contributed by atoms with Gasteiger partial charge in [0, 0.05) is 18.7 Å². The minimum absolute atomic E-state index is 0.148. The SMILES string of the molecule is CCc1ccc(C(=O)N(C)C2CCCNCC2)cc1. The highest BCUT2D eigenvalue weighted by atomic mass is 16.2. The first-order chi connectivity index (χ1) is 9.22. The fraction of sp³-hybridized carbons (Fsp3) is 0.562. The number of carbonyl (C=O) groups is 1. The van der Waals surface area contributed by atoms with Crippen molar-refractivity contribution in [1.29, 1.82) is 0 Å². The maximum absolute atomic E-state index is 12.5. The Morgan fingerprint density at radius 3 is 2.68 bits per heavy atom. The molecule has 1 aliphatic heterocycles. The molecule has 1 heterocycles. The Morgan fingerprint density at radius 1 is 1.26 bits per heavy atom. The van der Waals surface area contributed by atoms with Gasteiger partial charge in [0.05, 0.1) is 0 Å². The Labute approximate surface area is 116 Å². The molecule has 2 rings (SSSR count). The van der Waals surface area contributed by atoms with Crippen LogP contribution in [0.5, 0.6) is 0 Å². The second-order valence-corrected chi connectivity index (χ2v) is 5.30. The van der Waals surface area contributed by atoms with Gasteiger partial charge in [-0.25, -0.2) is 0 Å². The molecule has 3 heteroatoms. The molecule has 1 saturated heterocycles. The van der Waals surface area contributed by atoms with Crippen LogP contribution >= 0.6 is 0 Å². The molecule has 3 nitrogen and oxygen atoms in total. The Hall–Kier alpha value is -1.35. The van der Waals surface area contributed by atoms with Crippen LogP contribution in [-0.4, -0.2) is 37.0 Å². The molecule has 1 amide bonds. The van der Waals surface area contributed by atoms with Crippen molar-refractivity contribution < 1.29 is 4.79 Å². The average molecular weight is 260 g/mol. The zero-order valence-corrected chi connectivity index (χ0v) is 12.0. The van der Waals surface area contributed by atoms with Crippen molar-refractivity contribution in [2.75, 3.05) is 20.1 Å². The number of nitrogens with one attached hydrogen (secondary N) is 1. The number of nitrogens with zero attached hydrogens (tertiary/aromatic N) is 1. The van der Waals surface area contributed by atoms with Crippen molar-refractivity contribution in [2.45, 2.75) is 38.6 Å². The summed E-state index contributed by atoms with van der Waals surface area (Å²) >= 11 is 0. The van der Waals surface area contributed by atoms with Crippen molar-refractivity contribution in [3.63, 3.8) is 0 Å². The summed E-state index contributed by atoms with van der Waals surface area (Å²) in [5, 5.41) is 3.39. The van der Waals surface area contributed by atoms with Crippen molar-refractivity contribution in [2.24, 2.45) is 0 Å². The van der Waals surface area contributed by atoms with Gasteiger partial charge in [0.25, 0.3) is 5.91 Å². The molecule has 0 spiro atoms. The zero-order chi connectivity index (χ0) is 13.7. The summed E-state index contributed by atoms with van der Waals surface area (Å²) in [6.07, 6.45) is 4.31. The highest BCUT2D eigenvalue weighted by Crippen LogP contribution is 2.15. The van der Waals surface area contributed by atoms with E-state index in [2.05, 4.69) is 24.4 Å². The van der Waals surface area contributed by atoms with Crippen molar-refractivity contribution in [3.8, 4) is 0 Å². The lowest BCUT2D eigenvalue weighted by atomic mass is 10.1. The van der Waals surface area contributed by atoms with Crippen LogP contribution in [-0.2, 0) is 6.42 Å². The predicted molar refractivity (Wildman–Crippen MR) is 78.4 cm³/mol. The lowest BCUT2D eigenvalue weighted by Crippen LogP contribution is -2.37. The number of aryl methyl sites for hydroxylation is 1. The Bertz CT molecular complexity index is 405. The van der Waals surface area contributed by atoms with Crippen LogP contribution in [0.3, 0.4) is 0 Å². The lowest BCUT2D eigenvalue weighted by Gasteiger charge is -2.27. The Morgan fingerprint density at radius 2 is 2.00 bits per heavy atom. The summed E-state index contributed by atoms with van der Waals surface area (Å²) in [6, 6.07) is 8.37. The van der Waals surface area contributed by atoms with Crippen LogP contribution in [0.2, 0.25) is 0 Å². The second kappa shape index (κ2) is 6.71. The van der Waals surface area contributed by atoms with E-state index < -0.39 is 0 Å². The molecule has 0 saturated carbocycles. The molecule has 1 N–H and O–H groups in total. The molecule has 0 aliphatic carbocycles. The highest BCUT2D eigenvalue weighted by molar-refractivity contribution is 5.94. The van der Waals surface area contributed by atoms with Crippen molar-refractivity contribution >= 4 is 5.91 Å². The molecule has 104 valence electrons. The maximum Gasteiger partial charge on any atom is 0.253 e. The molecule has 1 fully saturated rings. The van der Waals surface area contributed by atoms with Crippen LogP contribution in [0.15, 0.2) is 24.3 Å². The highest BCUT2D eigenvalue weighted by Gasteiger charge is 2.21. The molecule has 0 radical (unpaired) electrons. The molecule has 19 heavy (non-hydrogen) atoms. The normalized spacial score (nSPS) is 19.8. The third kappa shape index (κ3) is 3.57. The van der Waals surface area contributed by atoms with Gasteiger partial charge < -0.3 is 10.2 Å². The van der Waals surface area contributed by atoms with Gasteiger partial charge in [-0.2, -0.15) is 0 Å². The van der Waals surface area contributed by atoms with Crippen LogP contribution in [0.4, 0.5) is 0 Å². The number of hydrogen-bond acceptors (Lipinski definition) is 2. The van der Waals surface area contributed by atoms with Crippen molar-refractivity contribution in [1.82, 2.24) is 10.2 Å². The third-order valence-electron chi connectivity index (χ3n) is 4.02. The minimum Gasteiger partial charge on any atom is -0.339 e. The number of hydrogen-bond donors (Lipinski definition) is 1. The smallest absolute Gasteiger partial charge is 0.253 e. The Kier molecular flexibility index (Phi) is 4.97. The number of benzene rings is 1. The topological polar surface area (TPSA) is 32.3 Å². The minimum atomic E-state index is 0.148. The summed E-state index contributed by atoms with van der Waals surface area (Å²) in [5.74, 6) is 0.148. The van der Waals surface area contributed by atoms with Gasteiger partial charge in [-0.3, -0.25) is 4.79 Å². The van der Waals surface area contributed by atoms with Gasteiger partial charge in [-0.15, -0.1) is 0 Å². The van der Waals surface area contributed by atoms with Gasteiger partial charge in [0.1, 0.15) is 0 Å². The van der Waals surface area contributed by atoms with E-state index in [1.807, 2.05) is 24.1 Å². The monoisotopic (exact) mass is 260 g/mol. The van der Waals surface area contributed by atoms with Crippen LogP contribution in [0, 0.1) is 0 Å². The first-order valence-electron chi connectivity index (χ1n) is 7.29. The van der Waals surface area contributed by atoms with E-state index in [0.29, 0.717) is 6.04 Å². The van der Waals surface area contributed by atoms with Crippen molar-refractivity contribution in [3.05, 3.63) is 35.4 Å². The van der Waals surface area contributed by atoms with E-state index in [4.69, 9.17) is 0 Å². The summed E-state index contributed by atoms with van der Waals surface area (Å²) in [6.45, 7) is 4.21. The molecule has 1 atom stereocenters. The molecule has 0 bridgehead atoms. The third-order valence-corrected chi connectivity index (χ3v) is 4.02. The summed E-state index contributed by atoms with van der Waals surface area (Å²) in [5.41, 5.74) is 2.08. The predicted octanol–water partition coefficient (Wildman–Crippen LogP) is 2.46. The van der Waals surface area contributed by atoms with Crippen LogP contribution in [0.1, 0.15) is 42.1 Å². The summed E-state index contributed by atoms with van der Waals surface area (Å²) in [4.78, 5) is 14.4. The number of carbonyl (C=O) groups excluding carboxylic acids is 1.